The fraction of sp³-hybridized carbons (Fsp3) is 0.462. The van der Waals surface area contributed by atoms with Crippen molar-refractivity contribution < 1.29 is 10.0 Å². The van der Waals surface area contributed by atoms with Crippen LogP contribution in [0.1, 0.15) is 25.8 Å². The number of nitro benzene ring substituents is 1. The minimum Gasteiger partial charge on any atom is -0.392 e. The fourth-order valence-electron chi connectivity index (χ4n) is 2.20. The molecule has 0 aliphatic heterocycles. The summed E-state index contributed by atoms with van der Waals surface area (Å²) in [7, 11) is 0. The highest BCUT2D eigenvalue weighted by Gasteiger charge is 2.47. The van der Waals surface area contributed by atoms with Gasteiger partial charge in [-0.15, -0.1) is 0 Å². The third-order valence-corrected chi connectivity index (χ3v) is 3.88. The maximum absolute atomic E-state index is 10.7. The second kappa shape index (κ2) is 4.52. The first-order chi connectivity index (χ1) is 8.86. The smallest absolute Gasteiger partial charge is 0.270 e. The van der Waals surface area contributed by atoms with E-state index in [9.17, 15) is 15.2 Å². The summed E-state index contributed by atoms with van der Waals surface area (Å²) in [5, 5.41) is 32.6. The molecule has 1 fully saturated rings. The van der Waals surface area contributed by atoms with Gasteiger partial charge in [0.1, 0.15) is 6.07 Å². The number of anilines is 1. The number of aliphatic hydroxyl groups excluding tert-OH is 1. The van der Waals surface area contributed by atoms with Crippen LogP contribution in [0.4, 0.5) is 11.4 Å². The van der Waals surface area contributed by atoms with Crippen molar-refractivity contribution in [3.63, 3.8) is 0 Å². The second-order valence-corrected chi connectivity index (χ2v) is 5.37. The van der Waals surface area contributed by atoms with Crippen molar-refractivity contribution in [2.24, 2.45) is 5.41 Å². The number of nitrogens with zero attached hydrogens (tertiary/aromatic N) is 2. The molecule has 0 heterocycles. The normalized spacial score (nSPS) is 24.1. The summed E-state index contributed by atoms with van der Waals surface area (Å²) < 4.78 is 0. The molecule has 0 spiro atoms. The highest BCUT2D eigenvalue weighted by molar-refractivity contribution is 5.62. The Hall–Kier alpha value is -2.13. The number of nitriles is 1. The summed E-state index contributed by atoms with van der Waals surface area (Å²) >= 11 is 0. The molecular formula is C13H15N3O3. The first-order valence-corrected chi connectivity index (χ1v) is 5.99. The average Bonchev–Trinajstić information content (AvgIpc) is 2.38. The number of rotatable bonds is 3. The van der Waals surface area contributed by atoms with Crippen molar-refractivity contribution in [1.29, 1.82) is 5.26 Å². The number of benzene rings is 1. The Morgan fingerprint density at radius 3 is 2.74 bits per heavy atom. The number of nitrogens with one attached hydrogen (secondary N) is 1. The molecule has 100 valence electrons. The van der Waals surface area contributed by atoms with E-state index < -0.39 is 4.92 Å². The van der Waals surface area contributed by atoms with Gasteiger partial charge in [-0.1, -0.05) is 13.8 Å². The van der Waals surface area contributed by atoms with E-state index in [-0.39, 0.29) is 28.8 Å². The van der Waals surface area contributed by atoms with Gasteiger partial charge in [0.25, 0.3) is 5.69 Å². The Morgan fingerprint density at radius 2 is 2.26 bits per heavy atom. The van der Waals surface area contributed by atoms with E-state index in [1.165, 1.54) is 18.2 Å². The monoisotopic (exact) mass is 261 g/mol. The Labute approximate surface area is 110 Å². The summed E-state index contributed by atoms with van der Waals surface area (Å²) in [5.74, 6) is 0. The molecule has 19 heavy (non-hydrogen) atoms. The van der Waals surface area contributed by atoms with E-state index in [0.717, 1.165) is 0 Å². The van der Waals surface area contributed by atoms with Gasteiger partial charge in [0.05, 0.1) is 22.3 Å². The summed E-state index contributed by atoms with van der Waals surface area (Å²) in [6.07, 6.45) is 0.239. The predicted octanol–water partition coefficient (Wildman–Crippen LogP) is 2.04. The molecule has 1 aromatic carbocycles. The highest BCUT2D eigenvalue weighted by Crippen LogP contribution is 2.42. The zero-order chi connectivity index (χ0) is 14.2. The van der Waals surface area contributed by atoms with Crippen LogP contribution in [0.25, 0.3) is 0 Å². The molecule has 0 saturated heterocycles. The topological polar surface area (TPSA) is 99.2 Å². The van der Waals surface area contributed by atoms with Gasteiger partial charge >= 0.3 is 0 Å². The van der Waals surface area contributed by atoms with Gasteiger partial charge in [0.2, 0.25) is 0 Å². The van der Waals surface area contributed by atoms with Crippen molar-refractivity contribution in [3.05, 3.63) is 33.9 Å². The summed E-state index contributed by atoms with van der Waals surface area (Å²) in [4.78, 5) is 10.1. The molecule has 0 amide bonds. The third-order valence-electron chi connectivity index (χ3n) is 3.88. The number of nitro groups is 1. The van der Waals surface area contributed by atoms with Gasteiger partial charge in [0, 0.05) is 23.6 Å². The maximum atomic E-state index is 10.7. The molecule has 2 N–H and O–H groups in total. The van der Waals surface area contributed by atoms with Gasteiger partial charge in [-0.2, -0.15) is 5.26 Å². The van der Waals surface area contributed by atoms with Crippen molar-refractivity contribution in [3.8, 4) is 6.07 Å². The lowest BCUT2D eigenvalue weighted by atomic mass is 9.64. The molecule has 6 nitrogen and oxygen atoms in total. The Kier molecular flexibility index (Phi) is 3.16. The number of hydrogen-bond acceptors (Lipinski definition) is 5. The largest absolute Gasteiger partial charge is 0.392 e. The summed E-state index contributed by atoms with van der Waals surface area (Å²) in [5.41, 5.74) is 0.438. The average molecular weight is 261 g/mol. The first-order valence-electron chi connectivity index (χ1n) is 5.99. The Morgan fingerprint density at radius 1 is 1.58 bits per heavy atom. The van der Waals surface area contributed by atoms with E-state index in [1.54, 1.807) is 0 Å². The lowest BCUT2D eigenvalue weighted by molar-refractivity contribution is -0.384. The molecule has 0 aromatic heterocycles. The Bertz CT molecular complexity index is 563. The van der Waals surface area contributed by atoms with Crippen molar-refractivity contribution in [2.45, 2.75) is 32.4 Å². The predicted molar refractivity (Wildman–Crippen MR) is 69.6 cm³/mol. The van der Waals surface area contributed by atoms with Crippen LogP contribution in [-0.4, -0.2) is 22.2 Å². The molecule has 6 heteroatoms. The number of non-ortho nitro benzene ring substituents is 1. The van der Waals surface area contributed by atoms with Crippen LogP contribution in [0.3, 0.4) is 0 Å². The zero-order valence-corrected chi connectivity index (χ0v) is 10.8. The van der Waals surface area contributed by atoms with Gasteiger partial charge < -0.3 is 10.4 Å². The lowest BCUT2D eigenvalue weighted by Crippen LogP contribution is -2.56. The molecule has 1 aliphatic rings. The van der Waals surface area contributed by atoms with Crippen molar-refractivity contribution in [2.75, 3.05) is 5.32 Å². The fourth-order valence-corrected chi connectivity index (χ4v) is 2.20. The van der Waals surface area contributed by atoms with E-state index in [0.29, 0.717) is 12.1 Å². The third kappa shape index (κ3) is 2.25. The molecule has 0 bridgehead atoms. The van der Waals surface area contributed by atoms with E-state index >= 15 is 0 Å². The standard InChI is InChI=1S/C13H15N3O3/c1-13(2)11(6-12(13)17)15-10-4-3-9(16(18)19)5-8(10)7-14/h3-5,11-12,15,17H,6H2,1-2H3/t11-,12+/m1/s1. The number of hydrogen-bond donors (Lipinski definition) is 2. The van der Waals surface area contributed by atoms with Gasteiger partial charge in [-0.25, -0.2) is 0 Å². The molecule has 2 atom stereocenters. The molecule has 1 aliphatic carbocycles. The van der Waals surface area contributed by atoms with Crippen LogP contribution in [0.2, 0.25) is 0 Å². The SMILES string of the molecule is CC1(C)[C@@H](O)C[C@H]1Nc1ccc([N+](=O)[O-])cc1C#N. The minimum absolute atomic E-state index is 0.0519. The molecule has 0 unspecified atom stereocenters. The lowest BCUT2D eigenvalue weighted by Gasteiger charge is -2.49. The quantitative estimate of drug-likeness (QED) is 0.640. The van der Waals surface area contributed by atoms with Crippen molar-refractivity contribution in [1.82, 2.24) is 0 Å². The summed E-state index contributed by atoms with van der Waals surface area (Å²) in [6, 6.07) is 6.17. The molecule has 2 rings (SSSR count). The van der Waals surface area contributed by atoms with Crippen molar-refractivity contribution >= 4 is 11.4 Å². The van der Waals surface area contributed by atoms with Crippen LogP contribution in [0.15, 0.2) is 18.2 Å². The molecule has 0 radical (unpaired) electrons. The van der Waals surface area contributed by atoms with Crippen LogP contribution in [0.5, 0.6) is 0 Å². The highest BCUT2D eigenvalue weighted by atomic mass is 16.6. The van der Waals surface area contributed by atoms with Gasteiger partial charge in [-0.3, -0.25) is 10.1 Å². The van der Waals surface area contributed by atoms with E-state index in [4.69, 9.17) is 5.26 Å². The molecule has 1 saturated carbocycles. The minimum atomic E-state index is -0.526. The zero-order valence-electron chi connectivity index (χ0n) is 10.8. The van der Waals surface area contributed by atoms with Crippen LogP contribution < -0.4 is 5.32 Å². The first kappa shape index (κ1) is 13.3. The van der Waals surface area contributed by atoms with Crippen LogP contribution in [-0.2, 0) is 0 Å². The van der Waals surface area contributed by atoms with Crippen LogP contribution >= 0.6 is 0 Å². The van der Waals surface area contributed by atoms with Gasteiger partial charge in [0.15, 0.2) is 0 Å². The van der Waals surface area contributed by atoms with E-state index in [2.05, 4.69) is 5.32 Å². The van der Waals surface area contributed by atoms with Gasteiger partial charge in [-0.05, 0) is 12.5 Å². The Balaban J connectivity index is 2.23. The van der Waals surface area contributed by atoms with E-state index in [1.807, 2.05) is 19.9 Å². The maximum Gasteiger partial charge on any atom is 0.270 e. The van der Waals surface area contributed by atoms with Crippen LogP contribution in [0, 0.1) is 26.9 Å². The second-order valence-electron chi connectivity index (χ2n) is 5.37. The molecule has 1 aromatic rings. The molecular weight excluding hydrogens is 246 g/mol. The number of aliphatic hydroxyl groups is 1. The summed E-state index contributed by atoms with van der Waals surface area (Å²) in [6.45, 7) is 3.88.